The van der Waals surface area contributed by atoms with Crippen molar-refractivity contribution in [2.75, 3.05) is 0 Å². The van der Waals surface area contributed by atoms with E-state index in [4.69, 9.17) is 5.73 Å². The molecule has 0 saturated heterocycles. The number of fused-ring (bicyclic) bond motifs is 1. The first-order chi connectivity index (χ1) is 18.2. The van der Waals surface area contributed by atoms with Gasteiger partial charge in [-0.15, -0.1) is 12.1 Å². The maximum atomic E-state index is 13.1. The van der Waals surface area contributed by atoms with Gasteiger partial charge in [-0.2, -0.15) is 0 Å². The minimum Gasteiger partial charge on any atom is -1.00 e. The summed E-state index contributed by atoms with van der Waals surface area (Å²) in [5.41, 5.74) is 14.2. The number of nitrogens with zero attached hydrogens (tertiary/aromatic N) is 1. The fraction of sp³-hybridized carbons (Fsp3) is 0.152. The molecule has 0 aliphatic carbocycles. The summed E-state index contributed by atoms with van der Waals surface area (Å²) in [7, 11) is -3.95. The Morgan fingerprint density at radius 3 is 1.57 bits per heavy atom. The van der Waals surface area contributed by atoms with Crippen molar-refractivity contribution in [3.63, 3.8) is 0 Å². The van der Waals surface area contributed by atoms with Gasteiger partial charge in [-0.3, -0.25) is 0 Å². The third-order valence-electron chi connectivity index (χ3n) is 6.25. The van der Waals surface area contributed by atoms with Gasteiger partial charge in [0.25, 0.3) is 0 Å². The molecule has 0 spiro atoms. The number of sulfonamides is 1. The van der Waals surface area contributed by atoms with Crippen LogP contribution in [0.25, 0.3) is 21.2 Å². The van der Waals surface area contributed by atoms with Crippen LogP contribution in [0.4, 0.5) is 0 Å². The number of halogens is 1. The molecular formula is C33H32ClN2O2RuS. The monoisotopic (exact) mass is 657 g/mol. The Morgan fingerprint density at radius 1 is 0.600 bits per heavy atom. The predicted molar refractivity (Wildman–Crippen MR) is 158 cm³/mol. The van der Waals surface area contributed by atoms with Crippen molar-refractivity contribution in [2.45, 2.75) is 37.8 Å². The molecule has 0 amide bonds. The summed E-state index contributed by atoms with van der Waals surface area (Å²) in [4.78, 5) is 0.136. The molecule has 0 fully saturated rings. The fourth-order valence-corrected chi connectivity index (χ4v) is 5.73. The molecule has 5 rings (SSSR count). The largest absolute Gasteiger partial charge is 3.00 e. The van der Waals surface area contributed by atoms with Crippen molar-refractivity contribution in [2.24, 2.45) is 0 Å². The van der Waals surface area contributed by atoms with Gasteiger partial charge in [-0.05, 0) is 43.7 Å². The third-order valence-corrected chi connectivity index (χ3v) is 7.61. The van der Waals surface area contributed by atoms with Crippen LogP contribution < -0.4 is 12.4 Å². The summed E-state index contributed by atoms with van der Waals surface area (Å²) in [6.07, 6.45) is 0. The van der Waals surface area contributed by atoms with Crippen LogP contribution in [0.3, 0.4) is 0 Å². The van der Waals surface area contributed by atoms with E-state index >= 15 is 0 Å². The smallest absolute Gasteiger partial charge is 1.00 e. The zero-order valence-electron chi connectivity index (χ0n) is 22.6. The topological polar surface area (TPSA) is 72.0 Å². The summed E-state index contributed by atoms with van der Waals surface area (Å²) in [5, 5.41) is 1.80. The van der Waals surface area contributed by atoms with Crippen LogP contribution in [-0.2, 0) is 29.5 Å². The van der Waals surface area contributed by atoms with E-state index in [1.165, 1.54) is 16.7 Å². The summed E-state index contributed by atoms with van der Waals surface area (Å²) in [6.45, 7) is 6.38. The maximum absolute atomic E-state index is 13.1. The third kappa shape index (κ3) is 8.82. The predicted octanol–water partition coefficient (Wildman–Crippen LogP) is 6.05. The average molecular weight is 657 g/mol. The van der Waals surface area contributed by atoms with Gasteiger partial charge in [-0.25, -0.2) is 8.42 Å². The van der Waals surface area contributed by atoms with E-state index in [2.05, 4.69) is 43.7 Å². The molecular weight excluding hydrogens is 625 g/mol. The van der Waals surface area contributed by atoms with Crippen molar-refractivity contribution < 1.29 is 40.3 Å². The van der Waals surface area contributed by atoms with Crippen molar-refractivity contribution in [3.05, 3.63) is 160 Å². The Balaban J connectivity index is 0.000000437. The van der Waals surface area contributed by atoms with Crippen LogP contribution in [0.1, 0.15) is 39.9 Å². The summed E-state index contributed by atoms with van der Waals surface area (Å²) in [5.74, 6) is 0. The fourth-order valence-electron chi connectivity index (χ4n) is 4.55. The molecule has 0 aliphatic heterocycles. The van der Waals surface area contributed by atoms with E-state index in [1.807, 2.05) is 84.9 Å². The number of hydrogen-bond donors (Lipinski definition) is 0. The minimum absolute atomic E-state index is 0. The molecule has 0 aromatic heterocycles. The zero-order chi connectivity index (χ0) is 27.1. The Hall–Kier alpha value is -2.86. The molecule has 40 heavy (non-hydrogen) atoms. The normalized spacial score (nSPS) is 12.2. The Morgan fingerprint density at radius 2 is 1.05 bits per heavy atom. The number of nitrogens with one attached hydrogen (secondary N) is 1. The van der Waals surface area contributed by atoms with E-state index in [0.717, 1.165) is 16.3 Å². The van der Waals surface area contributed by atoms with Gasteiger partial charge in [-0.1, -0.05) is 137 Å². The van der Waals surface area contributed by atoms with Crippen molar-refractivity contribution in [1.29, 1.82) is 0 Å². The van der Waals surface area contributed by atoms with Crippen LogP contribution in [0.2, 0.25) is 0 Å². The van der Waals surface area contributed by atoms with Crippen molar-refractivity contribution in [1.82, 2.24) is 0 Å². The number of hydrogen-bond acceptors (Lipinski definition) is 2. The van der Waals surface area contributed by atoms with Crippen LogP contribution in [0.15, 0.2) is 126 Å². The molecule has 1 radical (unpaired) electrons. The first-order valence-electron chi connectivity index (χ1n) is 12.5. The second-order valence-corrected chi connectivity index (χ2v) is 11.1. The maximum Gasteiger partial charge on any atom is 3.00 e. The second kappa shape index (κ2) is 15.2. The molecule has 0 unspecified atom stereocenters. The molecule has 7 heteroatoms. The van der Waals surface area contributed by atoms with Crippen molar-refractivity contribution >= 4 is 20.8 Å². The van der Waals surface area contributed by atoms with Gasteiger partial charge in [0, 0.05) is 4.90 Å². The molecule has 5 aromatic rings. The molecule has 4 nitrogen and oxygen atoms in total. The SMILES string of the molecule is Cc1cc(C)cc(C)c1.[Cl-].[NH-][C@@H](c1ccccc1)[C@@H]([N-]S(=O)(=O)c1ccc2ccccc2c1)c1ccccc1.[Ru+3]. The Labute approximate surface area is 257 Å². The van der Waals surface area contributed by atoms with Gasteiger partial charge in [0.1, 0.15) is 10.0 Å². The molecule has 207 valence electrons. The number of aryl methyl sites for hydroxylation is 3. The first-order valence-corrected chi connectivity index (χ1v) is 14.0. The molecule has 1 N–H and O–H groups in total. The molecule has 0 heterocycles. The van der Waals surface area contributed by atoms with E-state index in [0.29, 0.717) is 5.56 Å². The number of benzene rings is 5. The second-order valence-electron chi connectivity index (χ2n) is 9.50. The summed E-state index contributed by atoms with van der Waals surface area (Å²) >= 11 is 0. The number of rotatable bonds is 6. The van der Waals surface area contributed by atoms with Crippen LogP contribution in [0.5, 0.6) is 0 Å². The van der Waals surface area contributed by atoms with Crippen molar-refractivity contribution in [3.8, 4) is 0 Å². The van der Waals surface area contributed by atoms with E-state index in [9.17, 15) is 8.42 Å². The minimum atomic E-state index is -3.95. The zero-order valence-corrected chi connectivity index (χ0v) is 25.9. The van der Waals surface area contributed by atoms with Gasteiger partial charge >= 0.3 is 19.5 Å². The molecule has 0 bridgehead atoms. The van der Waals surface area contributed by atoms with Crippen LogP contribution in [-0.4, -0.2) is 8.42 Å². The molecule has 2 atom stereocenters. The van der Waals surface area contributed by atoms with Gasteiger partial charge < -0.3 is 22.9 Å². The standard InChI is InChI=1S/C24H20N2O2S.C9H12.ClH.Ru/c25-23(19-10-3-1-4-11-19)24(20-12-5-2-6-13-20)26-29(27,28)22-16-15-18-9-7-8-14-21(18)17-22;1-7-4-8(2)6-9(3)5-7;;/h1-17,23-25H;4-6H,1-3H3;1H;/q-2;;;+3/p-1/t23-,24-;;;/m0.../s1. The summed E-state index contributed by atoms with van der Waals surface area (Å²) in [6, 6.07) is 35.8. The van der Waals surface area contributed by atoms with Gasteiger partial charge in [0.15, 0.2) is 0 Å². The average Bonchev–Trinajstić information content (AvgIpc) is 2.91. The first kappa shape index (κ1) is 33.4. The van der Waals surface area contributed by atoms with Gasteiger partial charge in [0.05, 0.1) is 0 Å². The van der Waals surface area contributed by atoms with Gasteiger partial charge in [0.2, 0.25) is 0 Å². The Bertz CT molecular complexity index is 1560. The molecule has 5 aromatic carbocycles. The van der Waals surface area contributed by atoms with E-state index in [1.54, 1.807) is 18.2 Å². The van der Waals surface area contributed by atoms with Crippen LogP contribution >= 0.6 is 0 Å². The van der Waals surface area contributed by atoms with E-state index < -0.39 is 22.1 Å². The summed E-state index contributed by atoms with van der Waals surface area (Å²) < 4.78 is 30.5. The molecule has 0 saturated carbocycles. The molecule has 0 aliphatic rings. The Kier molecular flexibility index (Phi) is 12.7. The quantitative estimate of drug-likeness (QED) is 0.209. The van der Waals surface area contributed by atoms with Crippen LogP contribution in [0, 0.1) is 20.8 Å². The van der Waals surface area contributed by atoms with E-state index in [-0.39, 0.29) is 36.8 Å².